The second-order valence-electron chi connectivity index (χ2n) is 13.6. The third-order valence-electron chi connectivity index (χ3n) is 11.2. The molecule has 3 fully saturated rings. The van der Waals surface area contributed by atoms with Crippen LogP contribution in [0.3, 0.4) is 0 Å². The maximum Gasteiger partial charge on any atom is 0.317 e. The molecule has 0 aliphatic heterocycles. The molecule has 0 heterocycles. The van der Waals surface area contributed by atoms with Crippen molar-refractivity contribution >= 4 is 11.9 Å². The molecular weight excluding hydrogens is 448 g/mol. The second-order valence-corrected chi connectivity index (χ2v) is 13.6. The van der Waals surface area contributed by atoms with E-state index in [1.165, 1.54) is 56.9 Å². The first-order valence-electron chi connectivity index (χ1n) is 15.1. The summed E-state index contributed by atoms with van der Waals surface area (Å²) in [5, 5.41) is 0. The molecule has 0 spiro atoms. The van der Waals surface area contributed by atoms with Gasteiger partial charge in [-0.05, 0) is 98.2 Å². The number of ether oxygens (including phenoxy) is 2. The quantitative estimate of drug-likeness (QED) is 0.183. The van der Waals surface area contributed by atoms with E-state index in [1.54, 1.807) is 6.92 Å². The van der Waals surface area contributed by atoms with E-state index in [0.717, 1.165) is 54.8 Å². The fourth-order valence-corrected chi connectivity index (χ4v) is 9.31. The summed E-state index contributed by atoms with van der Waals surface area (Å²) in [6.07, 6.45) is 16.0. The van der Waals surface area contributed by atoms with Crippen LogP contribution in [0.5, 0.6) is 0 Å². The smallest absolute Gasteiger partial charge is 0.317 e. The molecule has 4 rings (SSSR count). The first-order chi connectivity index (χ1) is 17.1. The summed E-state index contributed by atoms with van der Waals surface area (Å²) in [5.74, 6) is 4.07. The molecule has 4 heteroatoms. The van der Waals surface area contributed by atoms with E-state index >= 15 is 0 Å². The zero-order valence-electron chi connectivity index (χ0n) is 23.9. The molecular formula is C32H52O4. The van der Waals surface area contributed by atoms with E-state index in [1.807, 2.05) is 0 Å². The Labute approximate surface area is 220 Å². The Balaban J connectivity index is 1.39. The lowest BCUT2D eigenvalue weighted by Gasteiger charge is -2.58. The molecule has 0 amide bonds. The summed E-state index contributed by atoms with van der Waals surface area (Å²) < 4.78 is 10.6. The Hall–Kier alpha value is -1.32. The van der Waals surface area contributed by atoms with E-state index in [0.29, 0.717) is 12.0 Å². The van der Waals surface area contributed by atoms with Gasteiger partial charge in [-0.2, -0.15) is 0 Å². The number of carbonyl (C=O) groups is 2. The third kappa shape index (κ3) is 5.44. The number of hydrogen-bond acceptors (Lipinski definition) is 4. The number of hydrogen-bond donors (Lipinski definition) is 0. The summed E-state index contributed by atoms with van der Waals surface area (Å²) in [7, 11) is 0. The molecule has 0 saturated heterocycles. The fourth-order valence-electron chi connectivity index (χ4n) is 9.31. The van der Waals surface area contributed by atoms with Crippen molar-refractivity contribution in [3.8, 4) is 0 Å². The Morgan fingerprint density at radius 3 is 2.50 bits per heavy atom. The zero-order valence-corrected chi connectivity index (χ0v) is 23.9. The average molecular weight is 501 g/mol. The highest BCUT2D eigenvalue weighted by molar-refractivity contribution is 5.91. The molecule has 204 valence electrons. The predicted octanol–water partition coefficient (Wildman–Crippen LogP) is 7.89. The van der Waals surface area contributed by atoms with Gasteiger partial charge < -0.3 is 9.47 Å². The van der Waals surface area contributed by atoms with Crippen LogP contribution in [0.2, 0.25) is 0 Å². The van der Waals surface area contributed by atoms with Crippen LogP contribution in [-0.2, 0) is 19.1 Å². The maximum absolute atomic E-state index is 12.3. The Morgan fingerprint density at radius 2 is 1.78 bits per heavy atom. The molecule has 4 aliphatic carbocycles. The molecule has 0 aromatic heterocycles. The van der Waals surface area contributed by atoms with E-state index in [4.69, 9.17) is 9.47 Å². The van der Waals surface area contributed by atoms with E-state index in [-0.39, 0.29) is 17.9 Å². The highest BCUT2D eigenvalue weighted by Gasteiger charge is 2.59. The number of carbonyl (C=O) groups excluding carboxylic acids is 2. The summed E-state index contributed by atoms with van der Waals surface area (Å²) in [6.45, 7) is 14.5. The predicted molar refractivity (Wildman–Crippen MR) is 144 cm³/mol. The van der Waals surface area contributed by atoms with Crippen molar-refractivity contribution in [3.05, 3.63) is 11.6 Å². The van der Waals surface area contributed by atoms with Crippen LogP contribution in [0.25, 0.3) is 0 Å². The highest BCUT2D eigenvalue weighted by Crippen LogP contribution is 2.67. The van der Waals surface area contributed by atoms with Gasteiger partial charge in [-0.25, -0.2) is 0 Å². The Morgan fingerprint density at radius 1 is 1.00 bits per heavy atom. The summed E-state index contributed by atoms with van der Waals surface area (Å²) in [5.41, 5.74) is 2.28. The van der Waals surface area contributed by atoms with Gasteiger partial charge in [-0.3, -0.25) is 9.59 Å². The van der Waals surface area contributed by atoms with Crippen molar-refractivity contribution in [1.82, 2.24) is 0 Å². The normalized spacial score (nSPS) is 38.4. The summed E-state index contributed by atoms with van der Waals surface area (Å²) in [6, 6.07) is 0. The largest absolute Gasteiger partial charge is 0.466 e. The fraction of sp³-hybridized carbons (Fsp3) is 0.875. The number of esters is 2. The van der Waals surface area contributed by atoms with Gasteiger partial charge in [0.25, 0.3) is 0 Å². The number of fused-ring (bicyclic) bond motifs is 5. The van der Waals surface area contributed by atoms with E-state index in [9.17, 15) is 9.59 Å². The molecule has 4 nitrogen and oxygen atoms in total. The number of rotatable bonds is 9. The first kappa shape index (κ1) is 27.7. The van der Waals surface area contributed by atoms with Crippen LogP contribution in [0.4, 0.5) is 0 Å². The van der Waals surface area contributed by atoms with Gasteiger partial charge in [-0.15, -0.1) is 0 Å². The maximum atomic E-state index is 12.3. The minimum absolute atomic E-state index is 0.0980. The lowest BCUT2D eigenvalue weighted by atomic mass is 9.47. The van der Waals surface area contributed by atoms with Crippen LogP contribution in [0.15, 0.2) is 11.6 Å². The van der Waals surface area contributed by atoms with Gasteiger partial charge in [0.15, 0.2) is 0 Å². The van der Waals surface area contributed by atoms with Crippen LogP contribution in [-0.4, -0.2) is 24.6 Å². The van der Waals surface area contributed by atoms with Crippen molar-refractivity contribution < 1.29 is 19.1 Å². The molecule has 8 unspecified atom stereocenters. The topological polar surface area (TPSA) is 52.6 Å². The molecule has 3 saturated carbocycles. The lowest BCUT2D eigenvalue weighted by Crippen LogP contribution is -2.51. The standard InChI is InChI=1S/C32H52O4/c1-7-35-29(33)20-30(34)36-24-15-17-31(5)23(19-24)11-12-25-27-14-13-26(22(4)10-8-9-21(2)3)32(27,6)18-16-28(25)31/h11,21-22,24-28H,7-10,12-20H2,1-6H3. The van der Waals surface area contributed by atoms with Crippen LogP contribution in [0, 0.1) is 46.3 Å². The lowest BCUT2D eigenvalue weighted by molar-refractivity contribution is -0.159. The third-order valence-corrected chi connectivity index (χ3v) is 11.2. The average Bonchev–Trinajstić information content (AvgIpc) is 3.16. The van der Waals surface area contributed by atoms with Crippen molar-refractivity contribution in [1.29, 1.82) is 0 Å². The van der Waals surface area contributed by atoms with Gasteiger partial charge in [0.1, 0.15) is 12.5 Å². The monoisotopic (exact) mass is 500 g/mol. The molecule has 8 atom stereocenters. The van der Waals surface area contributed by atoms with Gasteiger partial charge in [0.2, 0.25) is 0 Å². The van der Waals surface area contributed by atoms with E-state index < -0.39 is 11.9 Å². The SMILES string of the molecule is CCOC(=O)CC(=O)OC1CCC2(C)C(=CCC3C2CCC2(C)C(C(C)CCCC(C)C)CCC32)C1. The molecule has 0 N–H and O–H groups in total. The van der Waals surface area contributed by atoms with Crippen LogP contribution in [0.1, 0.15) is 119 Å². The van der Waals surface area contributed by atoms with Gasteiger partial charge >= 0.3 is 11.9 Å². The van der Waals surface area contributed by atoms with Crippen LogP contribution < -0.4 is 0 Å². The van der Waals surface area contributed by atoms with Crippen molar-refractivity contribution in [2.75, 3.05) is 6.61 Å². The highest BCUT2D eigenvalue weighted by atomic mass is 16.6. The molecule has 0 radical (unpaired) electrons. The van der Waals surface area contributed by atoms with Crippen LogP contribution >= 0.6 is 0 Å². The van der Waals surface area contributed by atoms with Crippen molar-refractivity contribution in [2.45, 2.75) is 125 Å². The Bertz CT molecular complexity index is 830. The first-order valence-corrected chi connectivity index (χ1v) is 15.1. The zero-order chi connectivity index (χ0) is 26.1. The summed E-state index contributed by atoms with van der Waals surface area (Å²) >= 11 is 0. The molecule has 0 aromatic carbocycles. The van der Waals surface area contributed by atoms with Crippen molar-refractivity contribution in [3.63, 3.8) is 0 Å². The number of allylic oxidation sites excluding steroid dienone is 1. The second kappa shape index (κ2) is 11.2. The minimum Gasteiger partial charge on any atom is -0.466 e. The molecule has 4 aliphatic rings. The molecule has 0 aromatic rings. The minimum atomic E-state index is -0.489. The van der Waals surface area contributed by atoms with Crippen molar-refractivity contribution in [2.24, 2.45) is 46.3 Å². The van der Waals surface area contributed by atoms with Gasteiger partial charge in [-0.1, -0.05) is 65.5 Å². The van der Waals surface area contributed by atoms with Gasteiger partial charge in [0.05, 0.1) is 6.61 Å². The van der Waals surface area contributed by atoms with Gasteiger partial charge in [0, 0.05) is 6.42 Å². The summed E-state index contributed by atoms with van der Waals surface area (Å²) in [4.78, 5) is 23.9. The Kier molecular flexibility index (Phi) is 8.62. The van der Waals surface area contributed by atoms with E-state index in [2.05, 4.69) is 40.7 Å². The molecule has 0 bridgehead atoms. The molecule has 36 heavy (non-hydrogen) atoms.